The Kier molecular flexibility index (Phi) is 1.99. The number of ether oxygens (including phenoxy) is 1. The van der Waals surface area contributed by atoms with E-state index in [1.807, 2.05) is 17.8 Å². The third-order valence-electron chi connectivity index (χ3n) is 2.96. The Balaban J connectivity index is 2.09. The van der Waals surface area contributed by atoms with Gasteiger partial charge in [0.2, 0.25) is 5.88 Å². The number of fused-ring (bicyclic) bond motifs is 1. The van der Waals surface area contributed by atoms with E-state index >= 15 is 0 Å². The van der Waals surface area contributed by atoms with Crippen LogP contribution in [0.15, 0.2) is 12.4 Å². The largest absolute Gasteiger partial charge is 0.475 e. The number of aromatic nitrogens is 4. The van der Waals surface area contributed by atoms with Gasteiger partial charge < -0.3 is 4.74 Å². The molecule has 0 saturated carbocycles. The molecule has 0 fully saturated rings. The highest BCUT2D eigenvalue weighted by molar-refractivity contribution is 5.63. The van der Waals surface area contributed by atoms with E-state index in [9.17, 15) is 0 Å². The number of hydrogen-bond donors (Lipinski definition) is 1. The van der Waals surface area contributed by atoms with E-state index in [4.69, 9.17) is 4.74 Å². The number of rotatable bonds is 1. The van der Waals surface area contributed by atoms with Gasteiger partial charge in [-0.3, -0.25) is 5.10 Å². The minimum atomic E-state index is 0.278. The summed E-state index contributed by atoms with van der Waals surface area (Å²) in [4.78, 5) is 0. The van der Waals surface area contributed by atoms with E-state index < -0.39 is 0 Å². The molecular weight excluding hydrogens is 204 g/mol. The Labute approximate surface area is 93.4 Å². The highest BCUT2D eigenvalue weighted by Crippen LogP contribution is 2.32. The second-order valence-corrected chi connectivity index (χ2v) is 4.21. The smallest absolute Gasteiger partial charge is 0.215 e. The van der Waals surface area contributed by atoms with Crippen LogP contribution in [-0.4, -0.2) is 26.1 Å². The lowest BCUT2D eigenvalue weighted by molar-refractivity contribution is 0.148. The second kappa shape index (κ2) is 3.37. The molecule has 0 aromatic carbocycles. The van der Waals surface area contributed by atoms with Crippen molar-refractivity contribution in [1.82, 2.24) is 20.0 Å². The molecule has 1 aliphatic rings. The molecule has 2 aromatic rings. The molecule has 2 aromatic heterocycles. The zero-order chi connectivity index (χ0) is 11.1. The van der Waals surface area contributed by atoms with Crippen LogP contribution in [0.4, 0.5) is 0 Å². The fraction of sp³-hybridized carbons (Fsp3) is 0.455. The monoisotopic (exact) mass is 218 g/mol. The minimum Gasteiger partial charge on any atom is -0.475 e. The number of nitrogens with zero attached hydrogens (tertiary/aromatic N) is 3. The van der Waals surface area contributed by atoms with Crippen molar-refractivity contribution in [2.45, 2.75) is 32.9 Å². The van der Waals surface area contributed by atoms with Gasteiger partial charge in [-0.15, -0.1) is 0 Å². The molecule has 0 spiro atoms. The van der Waals surface area contributed by atoms with Crippen molar-refractivity contribution < 1.29 is 4.74 Å². The molecule has 0 amide bonds. The molecule has 0 aliphatic carbocycles. The average molecular weight is 218 g/mol. The molecule has 5 heteroatoms. The highest BCUT2D eigenvalue weighted by Gasteiger charge is 2.23. The average Bonchev–Trinajstić information content (AvgIpc) is 2.87. The summed E-state index contributed by atoms with van der Waals surface area (Å²) in [5, 5.41) is 11.3. The Hall–Kier alpha value is -1.78. The Morgan fingerprint density at radius 3 is 3.19 bits per heavy atom. The predicted molar refractivity (Wildman–Crippen MR) is 59.3 cm³/mol. The van der Waals surface area contributed by atoms with Crippen molar-refractivity contribution in [1.29, 1.82) is 0 Å². The summed E-state index contributed by atoms with van der Waals surface area (Å²) >= 11 is 0. The maximum atomic E-state index is 5.81. The molecule has 0 unspecified atom stereocenters. The number of aromatic amines is 1. The molecule has 0 radical (unpaired) electrons. The van der Waals surface area contributed by atoms with Gasteiger partial charge >= 0.3 is 0 Å². The quantitative estimate of drug-likeness (QED) is 0.793. The van der Waals surface area contributed by atoms with Crippen molar-refractivity contribution in [3.8, 4) is 17.1 Å². The number of hydrogen-bond acceptors (Lipinski definition) is 3. The second-order valence-electron chi connectivity index (χ2n) is 4.21. The first kappa shape index (κ1) is 9.45. The number of H-pyrrole nitrogens is 1. The fourth-order valence-electron chi connectivity index (χ4n) is 2.04. The molecule has 1 aliphatic heterocycles. The molecule has 0 saturated heterocycles. The van der Waals surface area contributed by atoms with E-state index in [0.717, 1.165) is 35.7 Å². The van der Waals surface area contributed by atoms with Crippen LogP contribution in [0.25, 0.3) is 11.3 Å². The van der Waals surface area contributed by atoms with Gasteiger partial charge in [-0.05, 0) is 13.8 Å². The Bertz CT molecular complexity index is 500. The van der Waals surface area contributed by atoms with Crippen molar-refractivity contribution in [3.05, 3.63) is 18.0 Å². The normalized spacial score (nSPS) is 19.2. The standard InChI is InChI=1S/C11H14N4O/c1-7-3-4-15-11(16-7)8(2)10(14-15)9-5-12-13-6-9/h5-7H,3-4H2,1-2H3,(H,12,13)/t7-/m1/s1. The summed E-state index contributed by atoms with van der Waals surface area (Å²) in [6, 6.07) is 0. The highest BCUT2D eigenvalue weighted by atomic mass is 16.5. The summed E-state index contributed by atoms with van der Waals surface area (Å²) in [7, 11) is 0. The van der Waals surface area contributed by atoms with Crippen molar-refractivity contribution in [3.63, 3.8) is 0 Å². The van der Waals surface area contributed by atoms with Crippen LogP contribution < -0.4 is 4.74 Å². The van der Waals surface area contributed by atoms with E-state index in [1.54, 1.807) is 6.20 Å². The number of aryl methyl sites for hydroxylation is 1. The van der Waals surface area contributed by atoms with Crippen molar-refractivity contribution in [2.75, 3.05) is 0 Å². The lowest BCUT2D eigenvalue weighted by atomic mass is 10.1. The van der Waals surface area contributed by atoms with E-state index in [2.05, 4.69) is 22.2 Å². The molecule has 3 rings (SSSR count). The molecule has 0 bridgehead atoms. The first-order valence-electron chi connectivity index (χ1n) is 5.49. The fourth-order valence-corrected chi connectivity index (χ4v) is 2.04. The van der Waals surface area contributed by atoms with Gasteiger partial charge in [0.05, 0.1) is 12.3 Å². The summed E-state index contributed by atoms with van der Waals surface area (Å²) in [5.41, 5.74) is 3.06. The van der Waals surface area contributed by atoms with Crippen LogP contribution in [0.5, 0.6) is 5.88 Å². The van der Waals surface area contributed by atoms with Gasteiger partial charge in [-0.1, -0.05) is 0 Å². The molecule has 1 atom stereocenters. The van der Waals surface area contributed by atoms with Crippen LogP contribution >= 0.6 is 0 Å². The lowest BCUT2D eigenvalue weighted by Gasteiger charge is -2.21. The lowest BCUT2D eigenvalue weighted by Crippen LogP contribution is -2.23. The summed E-state index contributed by atoms with van der Waals surface area (Å²) < 4.78 is 7.75. The van der Waals surface area contributed by atoms with Gasteiger partial charge in [0, 0.05) is 30.3 Å². The van der Waals surface area contributed by atoms with E-state index in [-0.39, 0.29) is 6.10 Å². The van der Waals surface area contributed by atoms with Gasteiger partial charge in [0.15, 0.2) is 0 Å². The summed E-state index contributed by atoms with van der Waals surface area (Å²) in [6.07, 6.45) is 4.93. The van der Waals surface area contributed by atoms with Crippen LogP contribution in [0.2, 0.25) is 0 Å². The minimum absolute atomic E-state index is 0.278. The first-order chi connectivity index (χ1) is 7.75. The van der Waals surface area contributed by atoms with E-state index in [0.29, 0.717) is 0 Å². The van der Waals surface area contributed by atoms with Crippen LogP contribution in [0, 0.1) is 6.92 Å². The maximum Gasteiger partial charge on any atom is 0.215 e. The topological polar surface area (TPSA) is 55.7 Å². The van der Waals surface area contributed by atoms with Gasteiger partial charge in [0.1, 0.15) is 5.69 Å². The maximum absolute atomic E-state index is 5.81. The van der Waals surface area contributed by atoms with Crippen molar-refractivity contribution in [2.24, 2.45) is 0 Å². The summed E-state index contributed by atoms with van der Waals surface area (Å²) in [6.45, 7) is 5.06. The predicted octanol–water partition coefficient (Wildman–Crippen LogP) is 1.75. The zero-order valence-electron chi connectivity index (χ0n) is 9.40. The van der Waals surface area contributed by atoms with Crippen molar-refractivity contribution >= 4 is 0 Å². The number of nitrogens with one attached hydrogen (secondary N) is 1. The molecule has 5 nitrogen and oxygen atoms in total. The molecule has 84 valence electrons. The Morgan fingerprint density at radius 1 is 1.56 bits per heavy atom. The van der Waals surface area contributed by atoms with Crippen LogP contribution in [0.3, 0.4) is 0 Å². The van der Waals surface area contributed by atoms with Gasteiger partial charge in [0.25, 0.3) is 0 Å². The zero-order valence-corrected chi connectivity index (χ0v) is 9.40. The SMILES string of the molecule is Cc1c(-c2cn[nH]c2)nn2c1O[C@H](C)CC2. The molecular formula is C11H14N4O. The summed E-state index contributed by atoms with van der Waals surface area (Å²) in [5.74, 6) is 0.898. The Morgan fingerprint density at radius 2 is 2.44 bits per heavy atom. The van der Waals surface area contributed by atoms with Crippen LogP contribution in [-0.2, 0) is 6.54 Å². The molecule has 3 heterocycles. The van der Waals surface area contributed by atoms with Gasteiger partial charge in [-0.25, -0.2) is 4.68 Å². The van der Waals surface area contributed by atoms with E-state index in [1.165, 1.54) is 0 Å². The first-order valence-corrected chi connectivity index (χ1v) is 5.49. The molecule has 16 heavy (non-hydrogen) atoms. The van der Waals surface area contributed by atoms with Crippen LogP contribution in [0.1, 0.15) is 18.9 Å². The third-order valence-corrected chi connectivity index (χ3v) is 2.96. The third kappa shape index (κ3) is 1.31. The van der Waals surface area contributed by atoms with Gasteiger partial charge in [-0.2, -0.15) is 10.2 Å². The molecule has 1 N–H and O–H groups in total.